The highest BCUT2D eigenvalue weighted by molar-refractivity contribution is 7.23. The molecule has 3 aromatic rings. The number of amides is 2. The number of urea groups is 1. The van der Waals surface area contributed by atoms with Crippen LogP contribution in [-0.2, 0) is 4.74 Å². The second-order valence-corrected chi connectivity index (χ2v) is 9.26. The molecule has 0 atom stereocenters. The second kappa shape index (κ2) is 8.18. The van der Waals surface area contributed by atoms with Gasteiger partial charge < -0.3 is 19.5 Å². The zero-order chi connectivity index (χ0) is 22.3. The molecule has 2 aliphatic heterocycles. The van der Waals surface area contributed by atoms with Crippen molar-refractivity contribution in [3.05, 3.63) is 30.2 Å². The van der Waals surface area contributed by atoms with E-state index >= 15 is 0 Å². The zero-order valence-corrected chi connectivity index (χ0v) is 18.4. The first-order valence-corrected chi connectivity index (χ1v) is 11.3. The van der Waals surface area contributed by atoms with Crippen molar-refractivity contribution >= 4 is 32.7 Å². The topological polar surface area (TPSA) is 96.8 Å². The molecular formula is C22H23FN4O4S. The first kappa shape index (κ1) is 20.9. The standard InChI is InChI=1S/C22H23FN4O4S/c1-30-19-17-18(14(11-24-19)13-2-3-15(23)16(28)10-13)32-20(25-17)26-21(29)27-7-4-22(12-27)5-8-31-9-6-22/h2-3,10-11,28H,4-9,12H2,1H3,(H,25,26,29). The number of thiazole rings is 1. The third-order valence-corrected chi connectivity index (χ3v) is 7.33. The Balaban J connectivity index is 1.42. The molecule has 0 unspecified atom stereocenters. The highest BCUT2D eigenvalue weighted by Gasteiger charge is 2.41. The van der Waals surface area contributed by atoms with Crippen molar-refractivity contribution in [2.24, 2.45) is 5.41 Å². The number of hydrogen-bond acceptors (Lipinski definition) is 7. The van der Waals surface area contributed by atoms with Crippen molar-refractivity contribution in [1.29, 1.82) is 0 Å². The average molecular weight is 459 g/mol. The van der Waals surface area contributed by atoms with Crippen LogP contribution in [0.2, 0.25) is 0 Å². The monoisotopic (exact) mass is 458 g/mol. The number of aromatic nitrogens is 2. The summed E-state index contributed by atoms with van der Waals surface area (Å²) in [7, 11) is 1.50. The van der Waals surface area contributed by atoms with Crippen LogP contribution < -0.4 is 10.1 Å². The molecule has 0 aliphatic carbocycles. The number of phenolic OH excluding ortho intramolecular Hbond substituents is 1. The number of pyridine rings is 1. The van der Waals surface area contributed by atoms with E-state index in [1.54, 1.807) is 12.3 Å². The van der Waals surface area contributed by atoms with E-state index in [2.05, 4.69) is 15.3 Å². The fourth-order valence-electron chi connectivity index (χ4n) is 4.47. The predicted octanol–water partition coefficient (Wildman–Crippen LogP) is 4.25. The Morgan fingerprint density at radius 1 is 1.34 bits per heavy atom. The van der Waals surface area contributed by atoms with Crippen molar-refractivity contribution in [2.45, 2.75) is 19.3 Å². The molecule has 10 heteroatoms. The SMILES string of the molecule is COc1ncc(-c2ccc(F)c(O)c2)c2sc(NC(=O)N3CCC4(CCOCC4)C3)nc12. The quantitative estimate of drug-likeness (QED) is 0.609. The van der Waals surface area contributed by atoms with Gasteiger partial charge in [-0.1, -0.05) is 17.4 Å². The van der Waals surface area contributed by atoms with Crippen LogP contribution in [-0.4, -0.2) is 59.4 Å². The number of carbonyl (C=O) groups is 1. The molecule has 2 saturated heterocycles. The summed E-state index contributed by atoms with van der Waals surface area (Å²) in [6.07, 6.45) is 4.54. The van der Waals surface area contributed by atoms with Crippen LogP contribution >= 0.6 is 11.3 Å². The van der Waals surface area contributed by atoms with Crippen LogP contribution in [0.3, 0.4) is 0 Å². The number of aromatic hydroxyl groups is 1. The van der Waals surface area contributed by atoms with E-state index in [-0.39, 0.29) is 11.4 Å². The number of halogens is 1. The number of phenols is 1. The molecule has 4 heterocycles. The Labute approximate surface area is 188 Å². The Morgan fingerprint density at radius 2 is 2.16 bits per heavy atom. The van der Waals surface area contributed by atoms with E-state index in [0.29, 0.717) is 34.2 Å². The maximum Gasteiger partial charge on any atom is 0.323 e. The summed E-state index contributed by atoms with van der Waals surface area (Å²) < 4.78 is 25.1. The lowest BCUT2D eigenvalue weighted by Gasteiger charge is -2.33. The van der Waals surface area contributed by atoms with Gasteiger partial charge in [-0.2, -0.15) is 0 Å². The summed E-state index contributed by atoms with van der Waals surface area (Å²) in [5.41, 5.74) is 1.91. The van der Waals surface area contributed by atoms with Crippen LogP contribution in [0.15, 0.2) is 24.4 Å². The first-order chi connectivity index (χ1) is 15.5. The minimum Gasteiger partial charge on any atom is -0.505 e. The molecule has 168 valence electrons. The van der Waals surface area contributed by atoms with Gasteiger partial charge in [0.05, 0.1) is 11.8 Å². The number of ether oxygens (including phenoxy) is 2. The number of rotatable bonds is 3. The molecule has 5 rings (SSSR count). The van der Waals surface area contributed by atoms with Crippen molar-refractivity contribution in [3.8, 4) is 22.8 Å². The van der Waals surface area contributed by atoms with Crippen LogP contribution in [0.5, 0.6) is 11.6 Å². The number of fused-ring (bicyclic) bond motifs is 1. The molecule has 2 aliphatic rings. The van der Waals surface area contributed by atoms with Crippen LogP contribution in [0.4, 0.5) is 14.3 Å². The van der Waals surface area contributed by atoms with Gasteiger partial charge in [-0.25, -0.2) is 19.2 Å². The number of nitrogens with zero attached hydrogens (tertiary/aromatic N) is 3. The number of hydrogen-bond donors (Lipinski definition) is 2. The summed E-state index contributed by atoms with van der Waals surface area (Å²) in [5.74, 6) is -0.814. The summed E-state index contributed by atoms with van der Waals surface area (Å²) >= 11 is 1.29. The fourth-order valence-corrected chi connectivity index (χ4v) is 5.45. The summed E-state index contributed by atoms with van der Waals surface area (Å²) in [4.78, 5) is 23.6. The number of methoxy groups -OCH3 is 1. The minimum absolute atomic E-state index is 0.161. The van der Waals surface area contributed by atoms with Gasteiger partial charge in [0.25, 0.3) is 0 Å². The molecule has 0 radical (unpaired) electrons. The van der Waals surface area contributed by atoms with E-state index in [1.165, 1.54) is 30.6 Å². The third-order valence-electron chi connectivity index (χ3n) is 6.33. The molecule has 2 fully saturated rings. The highest BCUT2D eigenvalue weighted by atomic mass is 32.1. The van der Waals surface area contributed by atoms with E-state index in [4.69, 9.17) is 9.47 Å². The van der Waals surface area contributed by atoms with Gasteiger partial charge in [0.1, 0.15) is 5.52 Å². The van der Waals surface area contributed by atoms with E-state index < -0.39 is 11.6 Å². The van der Waals surface area contributed by atoms with Crippen molar-refractivity contribution in [3.63, 3.8) is 0 Å². The maximum atomic E-state index is 13.5. The molecule has 0 saturated carbocycles. The van der Waals surface area contributed by atoms with Gasteiger partial charge in [0.2, 0.25) is 5.88 Å². The summed E-state index contributed by atoms with van der Waals surface area (Å²) in [6.45, 7) is 2.93. The molecule has 1 spiro atoms. The predicted molar refractivity (Wildman–Crippen MR) is 119 cm³/mol. The molecule has 1 aromatic carbocycles. The molecule has 2 N–H and O–H groups in total. The molecule has 0 bridgehead atoms. The van der Waals surface area contributed by atoms with Crippen molar-refractivity contribution < 1.29 is 23.8 Å². The highest BCUT2D eigenvalue weighted by Crippen LogP contribution is 2.41. The summed E-state index contributed by atoms with van der Waals surface area (Å²) in [5, 5.41) is 13.1. The Hall–Kier alpha value is -2.98. The normalized spacial score (nSPS) is 17.8. The van der Waals surface area contributed by atoms with Gasteiger partial charge in [-0.05, 0) is 42.4 Å². The van der Waals surface area contributed by atoms with Gasteiger partial charge in [0, 0.05) is 38.1 Å². The number of carbonyl (C=O) groups excluding carboxylic acids is 1. The Morgan fingerprint density at radius 3 is 2.91 bits per heavy atom. The van der Waals surface area contributed by atoms with Gasteiger partial charge >= 0.3 is 6.03 Å². The number of benzene rings is 1. The number of likely N-dealkylation sites (tertiary alicyclic amines) is 1. The van der Waals surface area contributed by atoms with Crippen LogP contribution in [0.1, 0.15) is 19.3 Å². The third kappa shape index (κ3) is 3.73. The number of anilines is 1. The van der Waals surface area contributed by atoms with E-state index in [1.807, 2.05) is 4.90 Å². The molecular weight excluding hydrogens is 435 g/mol. The average Bonchev–Trinajstić information content (AvgIpc) is 3.40. The zero-order valence-electron chi connectivity index (χ0n) is 17.6. The number of nitrogens with one attached hydrogen (secondary N) is 1. The van der Waals surface area contributed by atoms with Gasteiger partial charge in [-0.3, -0.25) is 5.32 Å². The lowest BCUT2D eigenvalue weighted by molar-refractivity contribution is 0.0211. The fraction of sp³-hybridized carbons (Fsp3) is 0.409. The van der Waals surface area contributed by atoms with E-state index in [0.717, 1.165) is 43.7 Å². The molecule has 2 amide bonds. The lowest BCUT2D eigenvalue weighted by Crippen LogP contribution is -2.37. The Bertz CT molecular complexity index is 1180. The van der Waals surface area contributed by atoms with Gasteiger partial charge in [-0.15, -0.1) is 0 Å². The van der Waals surface area contributed by atoms with Crippen LogP contribution in [0.25, 0.3) is 21.3 Å². The van der Waals surface area contributed by atoms with E-state index in [9.17, 15) is 14.3 Å². The summed E-state index contributed by atoms with van der Waals surface area (Å²) in [6, 6.07) is 3.92. The largest absolute Gasteiger partial charge is 0.505 e. The maximum absolute atomic E-state index is 13.5. The minimum atomic E-state index is -0.698. The van der Waals surface area contributed by atoms with Gasteiger partial charge in [0.15, 0.2) is 16.7 Å². The first-order valence-electron chi connectivity index (χ1n) is 10.4. The second-order valence-electron chi connectivity index (χ2n) is 8.26. The molecule has 8 nitrogen and oxygen atoms in total. The van der Waals surface area contributed by atoms with Crippen molar-refractivity contribution in [1.82, 2.24) is 14.9 Å². The smallest absolute Gasteiger partial charge is 0.323 e. The van der Waals surface area contributed by atoms with Crippen LogP contribution in [0, 0.1) is 11.2 Å². The molecule has 2 aromatic heterocycles. The lowest BCUT2D eigenvalue weighted by atomic mass is 9.80. The Kier molecular flexibility index (Phi) is 5.34. The van der Waals surface area contributed by atoms with Crippen molar-refractivity contribution in [2.75, 3.05) is 38.7 Å². The molecule has 32 heavy (non-hydrogen) atoms.